The quantitative estimate of drug-likeness (QED) is 0.869. The van der Waals surface area contributed by atoms with Gasteiger partial charge in [-0.15, -0.1) is 0 Å². The molecule has 2 bridgehead atoms. The average molecular weight is 357 g/mol. The number of aromatic nitrogens is 3. The van der Waals surface area contributed by atoms with Crippen molar-refractivity contribution in [1.29, 1.82) is 0 Å². The summed E-state index contributed by atoms with van der Waals surface area (Å²) in [5.41, 5.74) is 6.24. The number of hydrogen-bond acceptors (Lipinski definition) is 8. The van der Waals surface area contributed by atoms with Crippen LogP contribution in [0.25, 0.3) is 11.5 Å². The highest BCUT2D eigenvalue weighted by molar-refractivity contribution is 5.54. The van der Waals surface area contributed by atoms with Crippen LogP contribution in [0.5, 0.6) is 0 Å². The van der Waals surface area contributed by atoms with E-state index in [-0.39, 0.29) is 11.0 Å². The summed E-state index contributed by atoms with van der Waals surface area (Å²) in [5.74, 6) is 2.10. The van der Waals surface area contributed by atoms with Crippen molar-refractivity contribution in [1.82, 2.24) is 15.1 Å². The number of rotatable bonds is 4. The van der Waals surface area contributed by atoms with Crippen molar-refractivity contribution in [3.05, 3.63) is 24.1 Å². The third-order valence-electron chi connectivity index (χ3n) is 5.92. The molecule has 0 amide bonds. The van der Waals surface area contributed by atoms with Crippen LogP contribution in [-0.4, -0.2) is 60.2 Å². The molecule has 2 aromatic rings. The molecule has 8 heteroatoms. The van der Waals surface area contributed by atoms with E-state index in [1.54, 1.807) is 0 Å². The van der Waals surface area contributed by atoms with Crippen molar-refractivity contribution in [2.75, 3.05) is 44.4 Å². The first kappa shape index (κ1) is 16.2. The molecule has 26 heavy (non-hydrogen) atoms. The molecule has 1 saturated carbocycles. The van der Waals surface area contributed by atoms with Crippen LogP contribution < -0.4 is 10.6 Å². The normalized spacial score (nSPS) is 30.9. The van der Waals surface area contributed by atoms with E-state index in [0.29, 0.717) is 24.9 Å². The second-order valence-electron chi connectivity index (χ2n) is 7.54. The van der Waals surface area contributed by atoms with Gasteiger partial charge in [0, 0.05) is 19.6 Å². The molecule has 2 N–H and O–H groups in total. The van der Waals surface area contributed by atoms with Crippen LogP contribution in [0, 0.1) is 0 Å². The van der Waals surface area contributed by atoms with Gasteiger partial charge in [-0.2, -0.15) is 4.98 Å². The zero-order valence-electron chi connectivity index (χ0n) is 14.7. The molecule has 4 heterocycles. The van der Waals surface area contributed by atoms with Crippen LogP contribution in [-0.2, 0) is 14.9 Å². The van der Waals surface area contributed by atoms with Gasteiger partial charge < -0.3 is 24.6 Å². The van der Waals surface area contributed by atoms with Crippen molar-refractivity contribution in [2.45, 2.75) is 30.3 Å². The van der Waals surface area contributed by atoms with Crippen LogP contribution >= 0.6 is 0 Å². The Morgan fingerprint density at radius 3 is 2.77 bits per heavy atom. The van der Waals surface area contributed by atoms with Crippen LogP contribution in [0.4, 0.5) is 5.82 Å². The fourth-order valence-corrected chi connectivity index (χ4v) is 4.33. The van der Waals surface area contributed by atoms with Gasteiger partial charge in [-0.25, -0.2) is 4.98 Å². The fourth-order valence-electron chi connectivity index (χ4n) is 4.33. The van der Waals surface area contributed by atoms with Gasteiger partial charge in [-0.3, -0.25) is 0 Å². The lowest BCUT2D eigenvalue weighted by atomic mass is 9.87. The van der Waals surface area contributed by atoms with E-state index in [2.05, 4.69) is 15.0 Å². The first-order valence-corrected chi connectivity index (χ1v) is 9.20. The van der Waals surface area contributed by atoms with Crippen LogP contribution in [0.2, 0.25) is 0 Å². The number of hydrogen-bond donors (Lipinski definition) is 1. The molecule has 8 nitrogen and oxygen atoms in total. The van der Waals surface area contributed by atoms with Gasteiger partial charge >= 0.3 is 0 Å². The maximum absolute atomic E-state index is 5.97. The molecule has 1 aliphatic carbocycles. The average Bonchev–Trinajstić information content (AvgIpc) is 3.43. The fraction of sp³-hybridized carbons (Fsp3) is 0.611. The Bertz CT molecular complexity index is 794. The first-order valence-electron chi connectivity index (χ1n) is 9.20. The number of nitrogens with zero attached hydrogens (tertiary/aromatic N) is 4. The molecule has 2 atom stereocenters. The SMILES string of the molecule is NCC12CCC(c3nc(-c4cccc(N5CCOCC5)n4)no3)(CO1)C2. The third-order valence-corrected chi connectivity index (χ3v) is 5.92. The molecule has 3 fully saturated rings. The van der Waals surface area contributed by atoms with Gasteiger partial charge in [0.25, 0.3) is 0 Å². The predicted octanol–water partition coefficient (Wildman–Crippen LogP) is 1.12. The smallest absolute Gasteiger partial charge is 0.235 e. The van der Waals surface area contributed by atoms with E-state index < -0.39 is 0 Å². The number of pyridine rings is 1. The summed E-state index contributed by atoms with van der Waals surface area (Å²) in [5, 5.41) is 4.20. The molecule has 2 unspecified atom stereocenters. The number of anilines is 1. The van der Waals surface area contributed by atoms with Gasteiger partial charge in [0.2, 0.25) is 11.7 Å². The van der Waals surface area contributed by atoms with E-state index >= 15 is 0 Å². The van der Waals surface area contributed by atoms with Gasteiger partial charge in [-0.05, 0) is 31.4 Å². The summed E-state index contributed by atoms with van der Waals surface area (Å²) in [7, 11) is 0. The van der Waals surface area contributed by atoms with Gasteiger partial charge in [-0.1, -0.05) is 11.2 Å². The summed E-state index contributed by atoms with van der Waals surface area (Å²) < 4.78 is 17.0. The second kappa shape index (κ2) is 6.00. The Balaban J connectivity index is 1.41. The highest BCUT2D eigenvalue weighted by Crippen LogP contribution is 2.53. The number of nitrogens with two attached hydrogens (primary N) is 1. The van der Waals surface area contributed by atoms with Gasteiger partial charge in [0.05, 0.1) is 30.8 Å². The summed E-state index contributed by atoms with van der Waals surface area (Å²) in [6.07, 6.45) is 2.79. The maximum atomic E-state index is 5.97. The Hall–Kier alpha value is -2.03. The Kier molecular flexibility index (Phi) is 3.73. The molecule has 3 aliphatic rings. The van der Waals surface area contributed by atoms with Gasteiger partial charge in [0.15, 0.2) is 0 Å². The molecule has 138 valence electrons. The first-order chi connectivity index (χ1) is 12.7. The van der Waals surface area contributed by atoms with Crippen molar-refractivity contribution in [2.24, 2.45) is 5.73 Å². The Labute approximate surface area is 151 Å². The maximum Gasteiger partial charge on any atom is 0.235 e. The standard InChI is InChI=1S/C18H23N5O3/c19-11-18-5-4-17(10-18,12-25-18)16-21-15(22-26-16)13-2-1-3-14(20-13)23-6-8-24-9-7-23/h1-3H,4-12,19H2. The summed E-state index contributed by atoms with van der Waals surface area (Å²) >= 11 is 0. The Morgan fingerprint density at radius 2 is 2.04 bits per heavy atom. The zero-order valence-corrected chi connectivity index (χ0v) is 14.7. The van der Waals surface area contributed by atoms with E-state index in [0.717, 1.165) is 57.1 Å². The minimum atomic E-state index is -0.205. The molecular weight excluding hydrogens is 334 g/mol. The molecule has 2 saturated heterocycles. The lowest BCUT2D eigenvalue weighted by Crippen LogP contribution is -2.36. The van der Waals surface area contributed by atoms with Crippen LogP contribution in [0.3, 0.4) is 0 Å². The predicted molar refractivity (Wildman–Crippen MR) is 93.8 cm³/mol. The Morgan fingerprint density at radius 1 is 1.15 bits per heavy atom. The molecule has 5 rings (SSSR count). The van der Waals surface area contributed by atoms with E-state index in [9.17, 15) is 0 Å². The monoisotopic (exact) mass is 357 g/mol. The highest BCUT2D eigenvalue weighted by Gasteiger charge is 2.58. The summed E-state index contributed by atoms with van der Waals surface area (Å²) in [6, 6.07) is 5.90. The summed E-state index contributed by atoms with van der Waals surface area (Å²) in [6.45, 7) is 4.28. The molecular formula is C18H23N5O3. The van der Waals surface area contributed by atoms with Gasteiger partial charge in [0.1, 0.15) is 11.5 Å². The topological polar surface area (TPSA) is 99.5 Å². The molecule has 0 spiro atoms. The largest absolute Gasteiger partial charge is 0.378 e. The van der Waals surface area contributed by atoms with Crippen molar-refractivity contribution in [3.8, 4) is 11.5 Å². The van der Waals surface area contributed by atoms with E-state index in [1.807, 2.05) is 18.2 Å². The van der Waals surface area contributed by atoms with Crippen molar-refractivity contribution in [3.63, 3.8) is 0 Å². The number of fused-ring (bicyclic) bond motifs is 2. The minimum absolute atomic E-state index is 0.188. The molecule has 0 aromatic carbocycles. The summed E-state index contributed by atoms with van der Waals surface area (Å²) in [4.78, 5) is 11.6. The second-order valence-corrected chi connectivity index (χ2v) is 7.54. The zero-order chi connectivity index (χ0) is 17.6. The van der Waals surface area contributed by atoms with Crippen molar-refractivity contribution >= 4 is 5.82 Å². The molecule has 0 radical (unpaired) electrons. The number of ether oxygens (including phenoxy) is 2. The van der Waals surface area contributed by atoms with Crippen molar-refractivity contribution < 1.29 is 14.0 Å². The van der Waals surface area contributed by atoms with Crippen LogP contribution in [0.1, 0.15) is 25.2 Å². The third kappa shape index (κ3) is 2.52. The van der Waals surface area contributed by atoms with Crippen LogP contribution in [0.15, 0.2) is 22.7 Å². The lowest BCUT2D eigenvalue weighted by molar-refractivity contribution is -0.0156. The molecule has 2 aromatic heterocycles. The lowest BCUT2D eigenvalue weighted by Gasteiger charge is -2.27. The van der Waals surface area contributed by atoms with E-state index in [1.165, 1.54) is 0 Å². The number of morpholine rings is 1. The molecule has 2 aliphatic heterocycles. The van der Waals surface area contributed by atoms with E-state index in [4.69, 9.17) is 24.7 Å². The highest BCUT2D eigenvalue weighted by atomic mass is 16.5. The minimum Gasteiger partial charge on any atom is -0.378 e.